The van der Waals surface area contributed by atoms with E-state index in [9.17, 15) is 9.59 Å². The summed E-state index contributed by atoms with van der Waals surface area (Å²) in [5.41, 5.74) is 4.00. The maximum atomic E-state index is 11.1. The first kappa shape index (κ1) is 34.6. The number of carbonyl (C=O) groups is 2. The Morgan fingerprint density at radius 1 is 0.929 bits per heavy atom. The third kappa shape index (κ3) is 29.9. The number of hydrogen-bond acceptors (Lipinski definition) is 6. The van der Waals surface area contributed by atoms with E-state index in [4.69, 9.17) is 32.3 Å². The number of alkyl halides is 1. The van der Waals surface area contributed by atoms with Crippen LogP contribution in [0.15, 0.2) is 0 Å². The van der Waals surface area contributed by atoms with Gasteiger partial charge in [-0.15, -0.1) is 11.6 Å². The number of hydrogen-bond donors (Lipinski definition) is 4. The van der Waals surface area contributed by atoms with E-state index in [1.807, 2.05) is 0 Å². The van der Waals surface area contributed by atoms with Crippen molar-refractivity contribution in [1.82, 2.24) is 6.15 Å². The molecule has 0 aliphatic carbocycles. The normalized spacial score (nSPS) is 10.5. The summed E-state index contributed by atoms with van der Waals surface area (Å²) in [5, 5.41) is 16.4. The van der Waals surface area contributed by atoms with Crippen LogP contribution in [0.2, 0.25) is 0 Å². The number of rotatable bonds is 11. The van der Waals surface area contributed by atoms with Gasteiger partial charge in [-0.3, -0.25) is 9.59 Å². The maximum Gasteiger partial charge on any atom is 0.326 e. The fourth-order valence-electron chi connectivity index (χ4n) is 1.40. The average Bonchev–Trinajstić information content (AvgIpc) is 2.54. The molecular weight excluding hydrogens is 384 g/mol. The highest BCUT2D eigenvalue weighted by atomic mass is 35.5. The SMILES string of the molecule is CC(C)(N)C(=O)O.CCCCCCO.CCCCCCOC(=O)C(C)(C)Cl.N. The van der Waals surface area contributed by atoms with E-state index in [0.29, 0.717) is 13.2 Å². The molecule has 0 bridgehead atoms. The van der Waals surface area contributed by atoms with Gasteiger partial charge in [0.25, 0.3) is 0 Å². The third-order valence-corrected chi connectivity index (χ3v) is 3.43. The first-order valence-corrected chi connectivity index (χ1v) is 10.2. The van der Waals surface area contributed by atoms with Gasteiger partial charge in [-0.2, -0.15) is 0 Å². The predicted octanol–water partition coefficient (Wildman–Crippen LogP) is 4.66. The summed E-state index contributed by atoms with van der Waals surface area (Å²) in [7, 11) is 0. The number of carboxylic acids is 1. The lowest BCUT2D eigenvalue weighted by Gasteiger charge is -2.13. The van der Waals surface area contributed by atoms with Crippen molar-refractivity contribution in [2.24, 2.45) is 5.73 Å². The topological polar surface area (TPSA) is 145 Å². The molecule has 0 aromatic carbocycles. The monoisotopic (exact) mass is 428 g/mol. The van der Waals surface area contributed by atoms with Crippen LogP contribution in [0.25, 0.3) is 0 Å². The number of ether oxygens (including phenoxy) is 1. The highest BCUT2D eigenvalue weighted by molar-refractivity contribution is 6.33. The summed E-state index contributed by atoms with van der Waals surface area (Å²) in [4.78, 5) is 20.2. The summed E-state index contributed by atoms with van der Waals surface area (Å²) >= 11 is 5.75. The van der Waals surface area contributed by atoms with Crippen LogP contribution in [0.5, 0.6) is 0 Å². The largest absolute Gasteiger partial charge is 0.480 e. The van der Waals surface area contributed by atoms with Gasteiger partial charge in [-0.25, -0.2) is 0 Å². The molecule has 0 aliphatic rings. The molecule has 0 amide bonds. The Balaban J connectivity index is -0.000000165. The standard InChI is InChI=1S/C10H19ClO2.C6H14O.C4H9NO2.H3N/c1-4-5-6-7-8-13-9(12)10(2,3)11;1-2-3-4-5-6-7;1-4(2,5)3(6)7;/h4-8H2,1-3H3;7H,2-6H2,1H3;5H2,1-2H3,(H,6,7);1H3. The first-order valence-electron chi connectivity index (χ1n) is 9.83. The van der Waals surface area contributed by atoms with Crippen LogP contribution < -0.4 is 11.9 Å². The number of halogens is 1. The molecular formula is C20H45ClN2O5. The van der Waals surface area contributed by atoms with Crippen molar-refractivity contribution in [3.8, 4) is 0 Å². The van der Waals surface area contributed by atoms with Gasteiger partial charge in [0.05, 0.1) is 6.61 Å². The predicted molar refractivity (Wildman–Crippen MR) is 117 cm³/mol. The average molecular weight is 429 g/mol. The van der Waals surface area contributed by atoms with Crippen LogP contribution in [0.1, 0.15) is 92.9 Å². The minimum absolute atomic E-state index is 0. The molecule has 0 saturated carbocycles. The lowest BCUT2D eigenvalue weighted by molar-refractivity contribution is -0.146. The van der Waals surface area contributed by atoms with E-state index in [0.717, 1.165) is 19.3 Å². The molecule has 8 heteroatoms. The van der Waals surface area contributed by atoms with E-state index < -0.39 is 16.4 Å². The molecule has 0 radical (unpaired) electrons. The number of aliphatic hydroxyl groups is 1. The Kier molecular flexibility index (Phi) is 25.7. The van der Waals surface area contributed by atoms with Crippen molar-refractivity contribution in [2.75, 3.05) is 13.2 Å². The van der Waals surface area contributed by atoms with Crippen LogP contribution in [-0.2, 0) is 14.3 Å². The number of esters is 1. The third-order valence-electron chi connectivity index (χ3n) is 3.28. The zero-order valence-corrected chi connectivity index (χ0v) is 19.6. The van der Waals surface area contributed by atoms with Crippen LogP contribution in [0, 0.1) is 0 Å². The first-order chi connectivity index (χ1) is 12.3. The van der Waals surface area contributed by atoms with Crippen molar-refractivity contribution >= 4 is 23.5 Å². The van der Waals surface area contributed by atoms with Crippen LogP contribution in [-0.4, -0.2) is 45.8 Å². The Morgan fingerprint density at radius 2 is 1.32 bits per heavy atom. The second kappa shape index (κ2) is 20.8. The summed E-state index contributed by atoms with van der Waals surface area (Å²) in [6.07, 6.45) is 9.12. The molecule has 172 valence electrons. The van der Waals surface area contributed by atoms with Crippen molar-refractivity contribution in [2.45, 2.75) is 103 Å². The molecule has 0 saturated heterocycles. The van der Waals surface area contributed by atoms with Gasteiger partial charge >= 0.3 is 11.9 Å². The summed E-state index contributed by atoms with van der Waals surface area (Å²) < 4.78 is 4.98. The number of nitrogens with two attached hydrogens (primary N) is 1. The number of unbranched alkanes of at least 4 members (excludes halogenated alkanes) is 6. The smallest absolute Gasteiger partial charge is 0.326 e. The number of aliphatic carboxylic acids is 1. The summed E-state index contributed by atoms with van der Waals surface area (Å²) in [6, 6.07) is 0. The minimum Gasteiger partial charge on any atom is -0.480 e. The fraction of sp³-hybridized carbons (Fsp3) is 0.900. The van der Waals surface area contributed by atoms with Crippen LogP contribution in [0.3, 0.4) is 0 Å². The van der Waals surface area contributed by atoms with Gasteiger partial charge in [-0.05, 0) is 40.5 Å². The zero-order valence-electron chi connectivity index (χ0n) is 18.9. The fourth-order valence-corrected chi connectivity index (χ4v) is 1.46. The van der Waals surface area contributed by atoms with E-state index in [1.165, 1.54) is 46.0 Å². The van der Waals surface area contributed by atoms with Crippen molar-refractivity contribution < 1.29 is 24.5 Å². The lowest BCUT2D eigenvalue weighted by Crippen LogP contribution is -2.41. The Morgan fingerprint density at radius 3 is 1.61 bits per heavy atom. The minimum atomic E-state index is -1.08. The molecule has 0 rings (SSSR count). The Hall–Kier alpha value is -0.890. The molecule has 0 heterocycles. The zero-order chi connectivity index (χ0) is 21.9. The molecule has 0 fully saturated rings. The maximum absolute atomic E-state index is 11.1. The lowest BCUT2D eigenvalue weighted by atomic mass is 10.1. The summed E-state index contributed by atoms with van der Waals surface area (Å²) in [6.45, 7) is 11.3. The van der Waals surface area contributed by atoms with E-state index in [1.54, 1.807) is 13.8 Å². The van der Waals surface area contributed by atoms with Crippen LogP contribution in [0.4, 0.5) is 0 Å². The summed E-state index contributed by atoms with van der Waals surface area (Å²) in [5.74, 6) is -1.31. The highest BCUT2D eigenvalue weighted by Gasteiger charge is 2.25. The highest BCUT2D eigenvalue weighted by Crippen LogP contribution is 2.14. The van der Waals surface area contributed by atoms with Crippen LogP contribution >= 0.6 is 11.6 Å². The number of carboxylic acid groups (broad SMARTS) is 1. The van der Waals surface area contributed by atoms with E-state index in [2.05, 4.69) is 13.8 Å². The van der Waals surface area contributed by atoms with Gasteiger partial charge in [0.15, 0.2) is 0 Å². The van der Waals surface area contributed by atoms with Gasteiger partial charge in [0.2, 0.25) is 0 Å². The molecule has 7 N–H and O–H groups in total. The second-order valence-corrected chi connectivity index (χ2v) is 8.43. The number of carbonyl (C=O) groups excluding carboxylic acids is 1. The van der Waals surface area contributed by atoms with Gasteiger partial charge in [-0.1, -0.05) is 52.4 Å². The number of aliphatic hydroxyl groups excluding tert-OH is 1. The van der Waals surface area contributed by atoms with Crippen molar-refractivity contribution in [3.63, 3.8) is 0 Å². The van der Waals surface area contributed by atoms with E-state index >= 15 is 0 Å². The molecule has 28 heavy (non-hydrogen) atoms. The molecule has 7 nitrogen and oxygen atoms in total. The van der Waals surface area contributed by atoms with Gasteiger partial charge < -0.3 is 26.8 Å². The molecule has 0 aliphatic heterocycles. The van der Waals surface area contributed by atoms with Crippen molar-refractivity contribution in [1.29, 1.82) is 0 Å². The van der Waals surface area contributed by atoms with Gasteiger partial charge in [0.1, 0.15) is 10.4 Å². The Labute approximate surface area is 176 Å². The molecule has 0 aromatic heterocycles. The van der Waals surface area contributed by atoms with Gasteiger partial charge in [0, 0.05) is 6.61 Å². The quantitative estimate of drug-likeness (QED) is 0.212. The van der Waals surface area contributed by atoms with E-state index in [-0.39, 0.29) is 12.1 Å². The molecule has 0 spiro atoms. The molecule has 0 atom stereocenters. The van der Waals surface area contributed by atoms with Crippen molar-refractivity contribution in [3.05, 3.63) is 0 Å². The molecule has 0 aromatic rings. The Bertz CT molecular complexity index is 363. The second-order valence-electron chi connectivity index (χ2n) is 7.48. The molecule has 0 unspecified atom stereocenters.